The van der Waals surface area contributed by atoms with Crippen LogP contribution in [0, 0.1) is 12.0 Å². The molecule has 0 radical (unpaired) electrons. The zero-order chi connectivity index (χ0) is 34.0. The second kappa shape index (κ2) is 19.9. The van der Waals surface area contributed by atoms with Crippen molar-refractivity contribution in [3.63, 3.8) is 0 Å². The number of para-hydroxylation sites is 1. The summed E-state index contributed by atoms with van der Waals surface area (Å²) in [5, 5.41) is 1.01. The molecular weight excluding hydrogens is 731 g/mol. The van der Waals surface area contributed by atoms with Gasteiger partial charge in [-0.15, -0.1) is 35.9 Å². The molecule has 3 N–H and O–H groups in total. The Morgan fingerprint density at radius 3 is 1.72 bits per heavy atom. The van der Waals surface area contributed by atoms with Gasteiger partial charge >= 0.3 is 0 Å². The molecule has 0 bridgehead atoms. The van der Waals surface area contributed by atoms with Crippen LogP contribution < -0.4 is 5.73 Å². The molecule has 5 rings (SSSR count). The summed E-state index contributed by atoms with van der Waals surface area (Å²) in [7, 11) is -3.79. The predicted octanol–water partition coefficient (Wildman–Crippen LogP) is 11.4. The van der Waals surface area contributed by atoms with Crippen molar-refractivity contribution >= 4 is 31.6 Å². The monoisotopic (exact) mass is 795 g/mol. The van der Waals surface area contributed by atoms with Gasteiger partial charge in [0, 0.05) is 28.3 Å². The molecule has 0 amide bonds. The van der Waals surface area contributed by atoms with E-state index >= 15 is 0 Å². The van der Waals surface area contributed by atoms with Crippen LogP contribution in [0.1, 0.15) is 125 Å². The first kappa shape index (κ1) is 42.8. The quantitative estimate of drug-likeness (QED) is 0.100. The van der Waals surface area contributed by atoms with Gasteiger partial charge in [0.05, 0.1) is 23.2 Å². The van der Waals surface area contributed by atoms with Crippen LogP contribution >= 0.6 is 15.8 Å². The maximum atomic E-state index is 9.19. The van der Waals surface area contributed by atoms with Gasteiger partial charge in [-0.3, -0.25) is 4.55 Å². The standard InChI is InChI=1S/C26H50P2.C12H10N.CH4O3S.Pd/c1-25(2,3)27(26(4,5)6)20-21-14-13-19-24(21)28(22-15-9-7-10-16-22)23-17-11-8-12-18-23;13-12-9-5-4-8-11(12)10-6-2-1-3-7-10;1-5(2,3)4;/h21-24H,7-20H2,1-6H3;1-6,8-9H,13H2;1H3,(H,2,3,4);/q;-1;;/p+1. The van der Waals surface area contributed by atoms with Gasteiger partial charge in [0.1, 0.15) is 0 Å². The maximum Gasteiger partial charge on any atom is 0.261 e. The average Bonchev–Trinajstić information content (AvgIpc) is 3.44. The van der Waals surface area contributed by atoms with Crippen LogP contribution in [0.2, 0.25) is 0 Å². The molecule has 270 valence electrons. The summed E-state index contributed by atoms with van der Waals surface area (Å²) in [5.41, 5.74) is 12.3. The molecule has 2 aromatic rings. The normalized spacial score (nSPS) is 21.3. The molecule has 2 aromatic carbocycles. The Morgan fingerprint density at radius 1 is 0.787 bits per heavy atom. The van der Waals surface area contributed by atoms with Gasteiger partial charge in [-0.25, -0.2) is 0 Å². The first-order chi connectivity index (χ1) is 21.6. The zero-order valence-corrected chi connectivity index (χ0v) is 34.6. The van der Waals surface area contributed by atoms with Gasteiger partial charge in [-0.2, -0.15) is 8.42 Å². The Kier molecular flexibility index (Phi) is 18.1. The molecule has 0 saturated heterocycles. The van der Waals surface area contributed by atoms with E-state index in [1.165, 1.54) is 29.8 Å². The van der Waals surface area contributed by atoms with Crippen LogP contribution in [0.5, 0.6) is 0 Å². The van der Waals surface area contributed by atoms with Gasteiger partial charge in [0.2, 0.25) is 0 Å². The minimum absolute atomic E-state index is 0. The number of benzene rings is 2. The third-order valence-electron chi connectivity index (χ3n) is 10.2. The molecule has 0 heterocycles. The summed E-state index contributed by atoms with van der Waals surface area (Å²) in [5.74, 6) is 1.09. The molecule has 2 atom stereocenters. The second-order valence-electron chi connectivity index (χ2n) is 16.0. The van der Waals surface area contributed by atoms with Crippen LogP contribution in [0.3, 0.4) is 0 Å². The summed E-state index contributed by atoms with van der Waals surface area (Å²) in [4.78, 5) is 0. The Morgan fingerprint density at radius 2 is 1.28 bits per heavy atom. The molecule has 8 heteroatoms. The van der Waals surface area contributed by atoms with Crippen molar-refractivity contribution in [3.05, 3.63) is 54.6 Å². The van der Waals surface area contributed by atoms with Crippen molar-refractivity contribution in [2.75, 3.05) is 18.2 Å². The van der Waals surface area contributed by atoms with E-state index in [1.54, 1.807) is 76.8 Å². The third kappa shape index (κ3) is 14.8. The zero-order valence-electron chi connectivity index (χ0n) is 30.3. The van der Waals surface area contributed by atoms with E-state index < -0.39 is 10.1 Å². The van der Waals surface area contributed by atoms with E-state index in [1.807, 2.05) is 48.5 Å². The van der Waals surface area contributed by atoms with Crippen molar-refractivity contribution in [1.29, 1.82) is 0 Å². The number of anilines is 1. The molecule has 0 aromatic heterocycles. The van der Waals surface area contributed by atoms with E-state index in [2.05, 4.69) is 47.6 Å². The minimum atomic E-state index is -3.67. The van der Waals surface area contributed by atoms with Crippen molar-refractivity contribution in [1.82, 2.24) is 0 Å². The minimum Gasteiger partial charge on any atom is -0.406 e. The van der Waals surface area contributed by atoms with Gasteiger partial charge in [0.25, 0.3) is 10.1 Å². The van der Waals surface area contributed by atoms with E-state index in [-0.39, 0.29) is 36.3 Å². The molecule has 0 spiro atoms. The number of nitrogens with two attached hydrogens (primary N) is 1. The molecule has 0 aliphatic heterocycles. The summed E-state index contributed by atoms with van der Waals surface area (Å²) in [6, 6.07) is 18.8. The van der Waals surface area contributed by atoms with Crippen LogP contribution in [-0.4, -0.2) is 52.7 Å². The molecule has 4 nitrogen and oxygen atoms in total. The van der Waals surface area contributed by atoms with E-state index in [0.717, 1.165) is 22.7 Å². The topological polar surface area (TPSA) is 80.4 Å². The van der Waals surface area contributed by atoms with Gasteiger partial charge < -0.3 is 5.73 Å². The van der Waals surface area contributed by atoms with Crippen molar-refractivity contribution in [2.24, 2.45) is 5.92 Å². The van der Waals surface area contributed by atoms with Crippen LogP contribution in [-0.2, 0) is 30.5 Å². The van der Waals surface area contributed by atoms with E-state index in [4.69, 9.17) is 10.3 Å². The molecule has 3 fully saturated rings. The third-order valence-corrected chi connectivity index (χ3v) is 19.0. The molecule has 2 unspecified atom stereocenters. The fraction of sp³-hybridized carbons (Fsp3) is 0.692. The summed E-state index contributed by atoms with van der Waals surface area (Å²) in [6.07, 6.45) is 22.8. The van der Waals surface area contributed by atoms with Crippen LogP contribution in [0.15, 0.2) is 48.5 Å². The van der Waals surface area contributed by atoms with E-state index in [9.17, 15) is 8.42 Å². The number of hydrogen-bond donors (Lipinski definition) is 2. The number of nitrogen functional groups attached to an aromatic ring is 1. The SMILES string of the molecule is CC(C)(C)P(CC1CCCC1[PH+](C1CCCCC1)C1CCCCC1)C(C)(C)C.CS(=O)(=O)O.Nc1ccccc1-c1[c-]cccc1.[Pd]. The second-order valence-corrected chi connectivity index (χ2v) is 24.8. The van der Waals surface area contributed by atoms with Crippen molar-refractivity contribution in [3.8, 4) is 11.1 Å². The molecule has 3 aliphatic carbocycles. The molecular formula is C39H65NO3P2PdS. The Labute approximate surface area is 305 Å². The Bertz CT molecular complexity index is 1230. The first-order valence-electron chi connectivity index (χ1n) is 17.9. The first-order valence-corrected chi connectivity index (χ1v) is 23.0. The predicted molar refractivity (Wildman–Crippen MR) is 207 cm³/mol. The smallest absolute Gasteiger partial charge is 0.261 e. The maximum absolute atomic E-state index is 9.19. The van der Waals surface area contributed by atoms with Gasteiger partial charge in [0.15, 0.2) is 0 Å². The molecule has 47 heavy (non-hydrogen) atoms. The van der Waals surface area contributed by atoms with Gasteiger partial charge in [-0.05, 0) is 105 Å². The Hall–Kier alpha value is -0.328. The van der Waals surface area contributed by atoms with E-state index in [0.29, 0.717) is 16.6 Å². The largest absolute Gasteiger partial charge is 0.406 e. The molecule has 3 aliphatic rings. The fourth-order valence-electron chi connectivity index (χ4n) is 8.60. The molecule has 3 saturated carbocycles. The van der Waals surface area contributed by atoms with Crippen molar-refractivity contribution in [2.45, 2.75) is 152 Å². The van der Waals surface area contributed by atoms with Gasteiger partial charge in [-0.1, -0.05) is 86.1 Å². The Balaban J connectivity index is 0.000000334. The van der Waals surface area contributed by atoms with Crippen LogP contribution in [0.4, 0.5) is 5.69 Å². The summed E-state index contributed by atoms with van der Waals surface area (Å²) >= 11 is 0. The fourth-order valence-corrected chi connectivity index (χ4v) is 18.2. The summed E-state index contributed by atoms with van der Waals surface area (Å²) < 4.78 is 25.9. The number of hydrogen-bond acceptors (Lipinski definition) is 3. The number of rotatable bonds is 6. The van der Waals surface area contributed by atoms with Crippen LogP contribution in [0.25, 0.3) is 11.1 Å². The average molecular weight is 796 g/mol. The van der Waals surface area contributed by atoms with Crippen molar-refractivity contribution < 1.29 is 33.4 Å². The summed E-state index contributed by atoms with van der Waals surface area (Å²) in [6.45, 7) is 15.3.